The highest BCUT2D eigenvalue weighted by atomic mass is 16.8. The summed E-state index contributed by atoms with van der Waals surface area (Å²) in [5, 5.41) is 103. The van der Waals surface area contributed by atoms with E-state index in [0.717, 1.165) is 25.7 Å². The van der Waals surface area contributed by atoms with Gasteiger partial charge in [-0.15, -0.1) is 0 Å². The summed E-state index contributed by atoms with van der Waals surface area (Å²) in [6.45, 7) is 8.28. The largest absolute Gasteiger partial charge is 0.462 e. The number of hydrogen-bond acceptors (Lipinski definition) is 19. The maximum atomic E-state index is 13.4. The van der Waals surface area contributed by atoms with Crippen molar-refractivity contribution < 1.29 is 93.8 Å². The molecule has 6 fully saturated rings. The van der Waals surface area contributed by atoms with Gasteiger partial charge in [0.15, 0.2) is 18.9 Å². The first-order chi connectivity index (χ1) is 30.2. The predicted octanol–water partition coefficient (Wildman–Crippen LogP) is -1.05. The third-order valence-electron chi connectivity index (χ3n) is 16.3. The molecule has 7 rings (SSSR count). The number of hydrogen-bond donors (Lipinski definition) is 10. The Balaban J connectivity index is 0.972. The number of allylic oxidation sites excluding steroid dienone is 1. The van der Waals surface area contributed by atoms with Gasteiger partial charge in [-0.25, -0.2) is 0 Å². The van der Waals surface area contributed by atoms with Crippen LogP contribution in [-0.4, -0.2) is 187 Å². The lowest BCUT2D eigenvalue weighted by atomic mass is 9.47. The molecular weight excluding hydrogens is 844 g/mol. The highest BCUT2D eigenvalue weighted by Crippen LogP contribution is 2.67. The van der Waals surface area contributed by atoms with Crippen molar-refractivity contribution in [1.29, 1.82) is 0 Å². The Morgan fingerprint density at radius 2 is 1.42 bits per heavy atom. The van der Waals surface area contributed by atoms with E-state index in [1.54, 1.807) is 6.92 Å². The Hall–Kier alpha value is -1.76. The fourth-order valence-corrected chi connectivity index (χ4v) is 12.5. The third-order valence-corrected chi connectivity index (χ3v) is 16.3. The average Bonchev–Trinajstić information content (AvgIpc) is 3.57. The number of carbonyl (C=O) groups excluding carboxylic acids is 2. The predicted molar refractivity (Wildman–Crippen MR) is 219 cm³/mol. The molecule has 64 heavy (non-hydrogen) atoms. The molecule has 3 heterocycles. The smallest absolute Gasteiger partial charge is 0.306 e. The van der Waals surface area contributed by atoms with Crippen LogP contribution in [0.4, 0.5) is 0 Å². The number of Topliss-reactive ketones (excluding diaryl/α,β-unsaturated/α-hetero) is 1. The van der Waals surface area contributed by atoms with E-state index in [1.165, 1.54) is 12.5 Å². The van der Waals surface area contributed by atoms with Crippen molar-refractivity contribution in [3.05, 3.63) is 11.6 Å². The van der Waals surface area contributed by atoms with Crippen molar-refractivity contribution in [2.45, 2.75) is 197 Å². The lowest BCUT2D eigenvalue weighted by Crippen LogP contribution is -2.64. The van der Waals surface area contributed by atoms with Gasteiger partial charge in [0.2, 0.25) is 0 Å². The van der Waals surface area contributed by atoms with Gasteiger partial charge in [0.05, 0.1) is 37.9 Å². The Bertz CT molecular complexity index is 1650. The van der Waals surface area contributed by atoms with Gasteiger partial charge in [0, 0.05) is 6.42 Å². The monoisotopic (exact) mass is 916 g/mol. The molecule has 0 amide bonds. The summed E-state index contributed by atoms with van der Waals surface area (Å²) in [4.78, 5) is 26.8. The maximum absolute atomic E-state index is 13.4. The number of aliphatic hydroxyl groups excluding tert-OH is 10. The van der Waals surface area contributed by atoms with Crippen LogP contribution in [0.5, 0.6) is 0 Å². The number of ether oxygens (including phenoxy) is 7. The van der Waals surface area contributed by atoms with Gasteiger partial charge < -0.3 is 84.2 Å². The molecule has 0 bridgehead atoms. The lowest BCUT2D eigenvalue weighted by molar-refractivity contribution is -0.369. The van der Waals surface area contributed by atoms with Crippen LogP contribution in [0.2, 0.25) is 0 Å². The molecule has 10 N–H and O–H groups in total. The van der Waals surface area contributed by atoms with E-state index in [2.05, 4.69) is 19.9 Å². The molecule has 0 aromatic heterocycles. The Labute approximate surface area is 373 Å². The van der Waals surface area contributed by atoms with Gasteiger partial charge in [-0.3, -0.25) is 9.59 Å². The number of rotatable bonds is 14. The minimum atomic E-state index is -1.68. The molecule has 7 aliphatic rings. The van der Waals surface area contributed by atoms with Gasteiger partial charge >= 0.3 is 5.97 Å². The average molecular weight is 917 g/mol. The Kier molecular flexibility index (Phi) is 15.7. The maximum Gasteiger partial charge on any atom is 0.306 e. The van der Waals surface area contributed by atoms with E-state index in [1.807, 2.05) is 6.92 Å². The molecule has 366 valence electrons. The first kappa shape index (κ1) is 50.1. The fourth-order valence-electron chi connectivity index (χ4n) is 12.5. The number of carbonyl (C=O) groups is 2. The topological polar surface area (TPSA) is 301 Å². The van der Waals surface area contributed by atoms with Crippen LogP contribution in [0.3, 0.4) is 0 Å². The van der Waals surface area contributed by atoms with E-state index in [4.69, 9.17) is 33.2 Å². The lowest BCUT2D eigenvalue weighted by Gasteiger charge is -2.58. The summed E-state index contributed by atoms with van der Waals surface area (Å²) in [7, 11) is 0. The second kappa shape index (κ2) is 20.1. The highest BCUT2D eigenvalue weighted by molar-refractivity contribution is 5.81. The molecular formula is C45H72O19. The fraction of sp³-hybridized carbons (Fsp3) is 0.911. The second-order valence-electron chi connectivity index (χ2n) is 20.3. The first-order valence-electron chi connectivity index (χ1n) is 23.2. The van der Waals surface area contributed by atoms with E-state index in [9.17, 15) is 60.7 Å². The zero-order valence-electron chi connectivity index (χ0n) is 37.4. The molecule has 24 atom stereocenters. The van der Waals surface area contributed by atoms with E-state index < -0.39 is 129 Å². The third kappa shape index (κ3) is 9.49. The highest BCUT2D eigenvalue weighted by Gasteiger charge is 2.63. The van der Waals surface area contributed by atoms with Crippen LogP contribution >= 0.6 is 0 Å². The van der Waals surface area contributed by atoms with Crippen molar-refractivity contribution in [3.63, 3.8) is 0 Å². The summed E-state index contributed by atoms with van der Waals surface area (Å²) in [5.41, 5.74) is 0.681. The van der Waals surface area contributed by atoms with Crippen LogP contribution in [0, 0.1) is 40.4 Å². The summed E-state index contributed by atoms with van der Waals surface area (Å²) in [5.74, 6) is -0.376. The summed E-state index contributed by atoms with van der Waals surface area (Å²) < 4.78 is 41.3. The van der Waals surface area contributed by atoms with Crippen molar-refractivity contribution in [3.8, 4) is 0 Å². The molecule has 0 unspecified atom stereocenters. The van der Waals surface area contributed by atoms with Gasteiger partial charge in [-0.2, -0.15) is 0 Å². The molecule has 19 nitrogen and oxygen atoms in total. The zero-order valence-corrected chi connectivity index (χ0v) is 37.4. The Morgan fingerprint density at radius 3 is 2.09 bits per heavy atom. The van der Waals surface area contributed by atoms with Gasteiger partial charge in [0.1, 0.15) is 79.0 Å². The molecule has 19 heteroatoms. The minimum Gasteiger partial charge on any atom is -0.462 e. The standard InChI is InChI=1S/C45H72O19/c1-19(18-58-41-38(56)36(54)33(51)28(16-46)62-41)6-9-30(49)61-27-15-26-24-8-7-22-14-23(10-12-44(22,4)25(24)11-13-45(26,5)31(27)20(2)48)60-43-40(37(55)34(52)29(17-47)63-43)64-42-39(57)35(53)32(50)21(3)59-42/h7,19,21,23-29,31-43,46-47,50-57H,6,8-18H2,1-5H3/t19-,21+,23+,24-,25+,26+,27+,28-,29-,31+,32+,33-,34-,35-,36+,37+,38-,39-,40-,41-,42+,43-,44+,45+/m1/s1. The molecule has 0 aromatic carbocycles. The molecule has 3 aliphatic heterocycles. The van der Waals surface area contributed by atoms with Gasteiger partial charge in [0.25, 0.3) is 0 Å². The zero-order chi connectivity index (χ0) is 46.6. The van der Waals surface area contributed by atoms with Crippen LogP contribution in [0.25, 0.3) is 0 Å². The van der Waals surface area contributed by atoms with E-state index in [-0.39, 0.29) is 47.4 Å². The van der Waals surface area contributed by atoms with Crippen molar-refractivity contribution in [2.24, 2.45) is 40.4 Å². The van der Waals surface area contributed by atoms with Gasteiger partial charge in [-0.1, -0.05) is 32.4 Å². The molecule has 0 aromatic rings. The van der Waals surface area contributed by atoms with Gasteiger partial charge in [-0.05, 0) is 99.7 Å². The quantitative estimate of drug-likeness (QED) is 0.0734. The normalized spacial score (nSPS) is 49.8. The van der Waals surface area contributed by atoms with Crippen LogP contribution in [0.15, 0.2) is 11.6 Å². The molecule has 4 aliphatic carbocycles. The van der Waals surface area contributed by atoms with Crippen LogP contribution in [0.1, 0.15) is 92.4 Å². The minimum absolute atomic E-state index is 0.000383. The summed E-state index contributed by atoms with van der Waals surface area (Å²) in [6.07, 6.45) is -14.3. The Morgan fingerprint density at radius 1 is 0.781 bits per heavy atom. The molecule has 3 saturated heterocycles. The SMILES string of the molecule is CC(=O)[C@H]1[C@@H](OC(=O)CC[C@@H](C)CO[C@@H]2O[C@H](CO)[C@@H](O)[C@H](O)[C@H]2O)C[C@H]2[C@@H]3CC=C4C[C@@H](O[C@@H]5O[C@H](CO)[C@@H](O)[C@H](O)[C@H]5O[C@@H]5O[C@@H](C)[C@H](O)[C@@H](O)[C@H]5O)CC[C@]4(C)[C@H]3CC[C@@]21C. The van der Waals surface area contributed by atoms with E-state index in [0.29, 0.717) is 31.6 Å². The second-order valence-corrected chi connectivity index (χ2v) is 20.3. The van der Waals surface area contributed by atoms with Crippen molar-refractivity contribution in [2.75, 3.05) is 19.8 Å². The van der Waals surface area contributed by atoms with Crippen molar-refractivity contribution in [1.82, 2.24) is 0 Å². The first-order valence-corrected chi connectivity index (χ1v) is 23.2. The molecule has 3 saturated carbocycles. The van der Waals surface area contributed by atoms with Crippen molar-refractivity contribution >= 4 is 11.8 Å². The summed E-state index contributed by atoms with van der Waals surface area (Å²) in [6, 6.07) is 0. The van der Waals surface area contributed by atoms with Crippen LogP contribution < -0.4 is 0 Å². The van der Waals surface area contributed by atoms with Crippen LogP contribution in [-0.2, 0) is 42.7 Å². The number of aliphatic hydroxyl groups is 10. The molecule has 0 radical (unpaired) electrons. The number of fused-ring (bicyclic) bond motifs is 5. The summed E-state index contributed by atoms with van der Waals surface area (Å²) >= 11 is 0. The number of ketones is 1. The number of esters is 1. The van der Waals surface area contributed by atoms with E-state index >= 15 is 0 Å². The molecule has 0 spiro atoms.